The molecule has 1 aromatic carbocycles. The van der Waals surface area contributed by atoms with Gasteiger partial charge in [0.15, 0.2) is 0 Å². The molecule has 0 heterocycles. The van der Waals surface area contributed by atoms with E-state index in [2.05, 4.69) is 5.92 Å². The van der Waals surface area contributed by atoms with Gasteiger partial charge in [0.2, 0.25) is 0 Å². The highest BCUT2D eigenvalue weighted by atomic mass is 16.4. The van der Waals surface area contributed by atoms with E-state index in [0.29, 0.717) is 5.69 Å². The molecule has 1 rings (SSSR count). The predicted molar refractivity (Wildman–Crippen MR) is 62.7 cm³/mol. The second-order valence-electron chi connectivity index (χ2n) is 3.57. The van der Waals surface area contributed by atoms with Crippen LogP contribution in [-0.4, -0.2) is 17.1 Å². The van der Waals surface area contributed by atoms with Crippen LogP contribution in [0.15, 0.2) is 24.3 Å². The van der Waals surface area contributed by atoms with Gasteiger partial charge in [-0.1, -0.05) is 18.1 Å². The van der Waals surface area contributed by atoms with Crippen molar-refractivity contribution >= 4 is 11.7 Å². The van der Waals surface area contributed by atoms with Gasteiger partial charge in [-0.15, -0.1) is 6.42 Å². The first-order chi connectivity index (χ1) is 7.54. The van der Waals surface area contributed by atoms with E-state index in [1.807, 2.05) is 0 Å². The van der Waals surface area contributed by atoms with Crippen LogP contribution in [0.25, 0.3) is 0 Å². The van der Waals surface area contributed by atoms with Gasteiger partial charge in [-0.3, -0.25) is 4.79 Å². The number of hydrogen-bond donors (Lipinski definition) is 3. The number of hydrogen-bond acceptors (Lipinski definition) is 3. The average molecular weight is 218 g/mol. The second kappa shape index (κ2) is 5.19. The van der Waals surface area contributed by atoms with E-state index in [4.69, 9.17) is 23.0 Å². The Morgan fingerprint density at radius 2 is 2.00 bits per heavy atom. The Labute approximate surface area is 94.3 Å². The van der Waals surface area contributed by atoms with Crippen molar-refractivity contribution in [1.82, 2.24) is 0 Å². The van der Waals surface area contributed by atoms with Gasteiger partial charge < -0.3 is 16.6 Å². The summed E-state index contributed by atoms with van der Waals surface area (Å²) < 4.78 is 0. The number of nitrogens with two attached hydrogens (primary N) is 2. The number of aliphatic carboxylic acids is 1. The van der Waals surface area contributed by atoms with Gasteiger partial charge >= 0.3 is 5.97 Å². The molecule has 84 valence electrons. The largest absolute Gasteiger partial charge is 0.480 e. The Kier molecular flexibility index (Phi) is 3.92. The lowest BCUT2D eigenvalue weighted by Gasteiger charge is -2.13. The molecule has 0 aliphatic carbocycles. The van der Waals surface area contributed by atoms with E-state index in [-0.39, 0.29) is 12.3 Å². The molecular weight excluding hydrogens is 204 g/mol. The summed E-state index contributed by atoms with van der Waals surface area (Å²) in [5.41, 5.74) is 12.5. The third-order valence-electron chi connectivity index (χ3n) is 2.35. The van der Waals surface area contributed by atoms with Crippen molar-refractivity contribution in [2.24, 2.45) is 5.73 Å². The van der Waals surface area contributed by atoms with Crippen LogP contribution >= 0.6 is 0 Å². The maximum atomic E-state index is 10.6. The van der Waals surface area contributed by atoms with Gasteiger partial charge in [-0.05, 0) is 24.1 Å². The van der Waals surface area contributed by atoms with Crippen molar-refractivity contribution in [2.45, 2.75) is 18.4 Å². The first kappa shape index (κ1) is 12.1. The Hall–Kier alpha value is -1.99. The van der Waals surface area contributed by atoms with Crippen molar-refractivity contribution in [1.29, 1.82) is 0 Å². The lowest BCUT2D eigenvalue weighted by molar-refractivity contribution is -0.138. The monoisotopic (exact) mass is 218 g/mol. The van der Waals surface area contributed by atoms with Gasteiger partial charge in [0.25, 0.3) is 0 Å². The molecule has 0 radical (unpaired) electrons. The van der Waals surface area contributed by atoms with E-state index in [1.165, 1.54) is 0 Å². The van der Waals surface area contributed by atoms with Crippen molar-refractivity contribution in [3.05, 3.63) is 29.8 Å². The Bertz CT molecular complexity index is 406. The van der Waals surface area contributed by atoms with Crippen LogP contribution in [0.3, 0.4) is 0 Å². The molecule has 2 atom stereocenters. The van der Waals surface area contributed by atoms with Crippen LogP contribution in [0.4, 0.5) is 5.69 Å². The fraction of sp³-hybridized carbons (Fsp3) is 0.250. The van der Waals surface area contributed by atoms with Crippen LogP contribution in [-0.2, 0) is 4.79 Å². The predicted octanol–water partition coefficient (Wildman–Crippen LogP) is 0.788. The molecule has 0 aliphatic rings. The number of benzene rings is 1. The molecule has 0 amide bonds. The van der Waals surface area contributed by atoms with Gasteiger partial charge in [0.05, 0.1) is 0 Å². The Balaban J connectivity index is 2.80. The lowest BCUT2D eigenvalue weighted by atomic mass is 9.93. The molecule has 0 saturated carbocycles. The van der Waals surface area contributed by atoms with Gasteiger partial charge in [0.1, 0.15) is 6.04 Å². The first-order valence-electron chi connectivity index (χ1n) is 4.84. The summed E-state index contributed by atoms with van der Waals surface area (Å²) >= 11 is 0. The normalized spacial score (nSPS) is 13.8. The number of carbonyl (C=O) groups is 1. The van der Waals surface area contributed by atoms with Gasteiger partial charge in [-0.25, -0.2) is 0 Å². The van der Waals surface area contributed by atoms with Crippen molar-refractivity contribution in [3.63, 3.8) is 0 Å². The van der Waals surface area contributed by atoms with Crippen molar-refractivity contribution in [2.75, 3.05) is 5.73 Å². The van der Waals surface area contributed by atoms with E-state index in [1.54, 1.807) is 24.3 Å². The summed E-state index contributed by atoms with van der Waals surface area (Å²) in [6.45, 7) is 0. The minimum atomic E-state index is -1.05. The zero-order valence-corrected chi connectivity index (χ0v) is 8.76. The highest BCUT2D eigenvalue weighted by Crippen LogP contribution is 2.21. The molecule has 0 saturated heterocycles. The smallest absolute Gasteiger partial charge is 0.320 e. The highest BCUT2D eigenvalue weighted by Gasteiger charge is 2.18. The summed E-state index contributed by atoms with van der Waals surface area (Å²) in [4.78, 5) is 10.6. The fourth-order valence-corrected chi connectivity index (χ4v) is 1.38. The summed E-state index contributed by atoms with van der Waals surface area (Å²) in [6, 6.07) is 6.08. The summed E-state index contributed by atoms with van der Waals surface area (Å²) in [7, 11) is 0. The second-order valence-corrected chi connectivity index (χ2v) is 3.57. The molecule has 0 fully saturated rings. The molecule has 1 aromatic rings. The van der Waals surface area contributed by atoms with E-state index >= 15 is 0 Å². The van der Waals surface area contributed by atoms with Crippen molar-refractivity contribution < 1.29 is 9.90 Å². The minimum Gasteiger partial charge on any atom is -0.480 e. The first-order valence-corrected chi connectivity index (χ1v) is 4.84. The molecule has 5 N–H and O–H groups in total. The molecule has 0 aromatic heterocycles. The standard InChI is InChI=1S/C12H14N2O2/c1-2-8(7-11(14)12(15)16)9-3-5-10(13)6-4-9/h1,3-6,8,11H,7,13-14H2,(H,15,16)/t8-,11-/m0/s1. The highest BCUT2D eigenvalue weighted by molar-refractivity contribution is 5.73. The summed E-state index contributed by atoms with van der Waals surface area (Å²) in [6.07, 6.45) is 5.58. The maximum absolute atomic E-state index is 10.6. The maximum Gasteiger partial charge on any atom is 0.320 e. The van der Waals surface area contributed by atoms with Gasteiger partial charge in [0, 0.05) is 11.6 Å². The number of carboxylic acids is 1. The zero-order chi connectivity index (χ0) is 12.1. The van der Waals surface area contributed by atoms with Gasteiger partial charge in [-0.2, -0.15) is 0 Å². The Morgan fingerprint density at radius 3 is 2.44 bits per heavy atom. The lowest BCUT2D eigenvalue weighted by Crippen LogP contribution is -2.31. The number of terminal acetylenes is 1. The quantitative estimate of drug-likeness (QED) is 0.515. The topological polar surface area (TPSA) is 89.3 Å². The molecule has 0 unspecified atom stereocenters. The van der Waals surface area contributed by atoms with E-state index < -0.39 is 12.0 Å². The third-order valence-corrected chi connectivity index (χ3v) is 2.35. The SMILES string of the molecule is C#C[C@@H](C[C@H](N)C(=O)O)c1ccc(N)cc1. The number of anilines is 1. The fourth-order valence-electron chi connectivity index (χ4n) is 1.38. The van der Waals surface area contributed by atoms with Crippen LogP contribution < -0.4 is 11.5 Å². The molecular formula is C12H14N2O2. The number of carboxylic acid groups (broad SMARTS) is 1. The van der Waals surface area contributed by atoms with E-state index in [0.717, 1.165) is 5.56 Å². The third kappa shape index (κ3) is 3.01. The zero-order valence-electron chi connectivity index (χ0n) is 8.76. The number of nitrogen functional groups attached to an aromatic ring is 1. The Morgan fingerprint density at radius 1 is 1.44 bits per heavy atom. The van der Waals surface area contributed by atoms with Crippen LogP contribution in [0.5, 0.6) is 0 Å². The molecule has 0 spiro atoms. The van der Waals surface area contributed by atoms with Crippen LogP contribution in [0.2, 0.25) is 0 Å². The van der Waals surface area contributed by atoms with E-state index in [9.17, 15) is 4.79 Å². The summed E-state index contributed by atoms with van der Waals surface area (Å²) in [5.74, 6) is 1.19. The minimum absolute atomic E-state index is 0.218. The van der Waals surface area contributed by atoms with Crippen LogP contribution in [0.1, 0.15) is 17.9 Å². The molecule has 4 nitrogen and oxygen atoms in total. The average Bonchev–Trinajstić information content (AvgIpc) is 2.26. The number of rotatable bonds is 4. The molecule has 0 bridgehead atoms. The van der Waals surface area contributed by atoms with Crippen LogP contribution in [0, 0.1) is 12.3 Å². The van der Waals surface area contributed by atoms with Crippen molar-refractivity contribution in [3.8, 4) is 12.3 Å². The molecule has 16 heavy (non-hydrogen) atoms. The molecule has 0 aliphatic heterocycles. The molecule has 4 heteroatoms. The summed E-state index contributed by atoms with van der Waals surface area (Å²) in [5, 5.41) is 8.70.